The molecule has 1 aromatic rings. The maximum Gasteiger partial charge on any atom is 0.243 e. The maximum atomic E-state index is 12.9. The molecule has 1 atom stereocenters. The Morgan fingerprint density at radius 1 is 1.33 bits per heavy atom. The molecule has 0 spiro atoms. The van der Waals surface area contributed by atoms with Crippen LogP contribution in [0.4, 0.5) is 0 Å². The fourth-order valence-corrected chi connectivity index (χ4v) is 4.66. The van der Waals surface area contributed by atoms with Crippen LogP contribution in [0, 0.1) is 0 Å². The van der Waals surface area contributed by atoms with Gasteiger partial charge in [0.15, 0.2) is 0 Å². The van der Waals surface area contributed by atoms with Crippen LogP contribution in [-0.4, -0.2) is 51.5 Å². The third-order valence-corrected chi connectivity index (χ3v) is 6.45. The molecule has 8 heteroatoms. The molecule has 1 heterocycles. The molecule has 0 bridgehead atoms. The minimum Gasteiger partial charge on any atom is -0.385 e. The van der Waals surface area contributed by atoms with Crippen molar-refractivity contribution in [1.29, 1.82) is 0 Å². The number of nitrogens with one attached hydrogen (secondary N) is 1. The lowest BCUT2D eigenvalue weighted by Crippen LogP contribution is -2.51. The third kappa shape index (κ3) is 4.78. The van der Waals surface area contributed by atoms with E-state index in [1.54, 1.807) is 31.4 Å². The van der Waals surface area contributed by atoms with Crippen LogP contribution in [0.15, 0.2) is 33.6 Å². The van der Waals surface area contributed by atoms with E-state index >= 15 is 0 Å². The summed E-state index contributed by atoms with van der Waals surface area (Å²) in [5.74, 6) is -0.230. The lowest BCUT2D eigenvalue weighted by Gasteiger charge is -2.33. The molecular weight excluding hydrogens is 396 g/mol. The third-order valence-electron chi connectivity index (χ3n) is 4.00. The minimum absolute atomic E-state index is 0.213. The molecule has 24 heavy (non-hydrogen) atoms. The van der Waals surface area contributed by atoms with Gasteiger partial charge in [0.05, 0.1) is 4.90 Å². The molecule has 0 saturated carbocycles. The van der Waals surface area contributed by atoms with Gasteiger partial charge in [-0.25, -0.2) is 8.42 Å². The van der Waals surface area contributed by atoms with Crippen molar-refractivity contribution >= 4 is 31.9 Å². The van der Waals surface area contributed by atoms with Crippen LogP contribution in [0.3, 0.4) is 0 Å². The molecule has 0 aliphatic carbocycles. The Labute approximate surface area is 151 Å². The summed E-state index contributed by atoms with van der Waals surface area (Å²) in [4.78, 5) is 12.7. The molecule has 134 valence electrons. The molecular formula is C16H23BrN2O4S. The van der Waals surface area contributed by atoms with E-state index in [2.05, 4.69) is 21.2 Å². The van der Waals surface area contributed by atoms with E-state index in [-0.39, 0.29) is 10.8 Å². The summed E-state index contributed by atoms with van der Waals surface area (Å²) in [5, 5.41) is 2.82. The molecule has 0 aromatic heterocycles. The van der Waals surface area contributed by atoms with E-state index in [1.165, 1.54) is 4.31 Å². The van der Waals surface area contributed by atoms with Gasteiger partial charge in [-0.15, -0.1) is 0 Å². The Hall–Kier alpha value is -0.960. The second-order valence-electron chi connectivity index (χ2n) is 5.72. The Balaban J connectivity index is 2.13. The van der Waals surface area contributed by atoms with Gasteiger partial charge in [0, 0.05) is 31.3 Å². The average molecular weight is 419 g/mol. The van der Waals surface area contributed by atoms with Crippen LogP contribution in [0.2, 0.25) is 0 Å². The highest BCUT2D eigenvalue weighted by atomic mass is 79.9. The molecule has 1 aliphatic heterocycles. The largest absolute Gasteiger partial charge is 0.385 e. The Morgan fingerprint density at radius 2 is 2.04 bits per heavy atom. The average Bonchev–Trinajstić information content (AvgIpc) is 2.59. The zero-order valence-electron chi connectivity index (χ0n) is 13.7. The van der Waals surface area contributed by atoms with Crippen LogP contribution in [0.1, 0.15) is 25.7 Å². The standard InChI is InChI=1S/C16H23BrN2O4S/c1-23-12-4-10-18-16(20)15-5-2-3-11-19(15)24(21,22)14-8-6-13(17)7-9-14/h6-9,15H,2-5,10-12H2,1H3,(H,18,20). The summed E-state index contributed by atoms with van der Waals surface area (Å²) in [7, 11) is -2.07. The summed E-state index contributed by atoms with van der Waals surface area (Å²) in [6.45, 7) is 1.41. The summed E-state index contributed by atoms with van der Waals surface area (Å²) in [6.07, 6.45) is 2.87. The van der Waals surface area contributed by atoms with E-state index in [0.29, 0.717) is 32.5 Å². The van der Waals surface area contributed by atoms with E-state index in [9.17, 15) is 13.2 Å². The van der Waals surface area contributed by atoms with Gasteiger partial charge in [0.2, 0.25) is 15.9 Å². The summed E-state index contributed by atoms with van der Waals surface area (Å²) in [5.41, 5.74) is 0. The van der Waals surface area contributed by atoms with Gasteiger partial charge in [0.25, 0.3) is 0 Å². The van der Waals surface area contributed by atoms with Crippen LogP contribution in [0.25, 0.3) is 0 Å². The number of halogens is 1. The van der Waals surface area contributed by atoms with Crippen LogP contribution in [0.5, 0.6) is 0 Å². The van der Waals surface area contributed by atoms with Crippen LogP contribution in [-0.2, 0) is 19.6 Å². The summed E-state index contributed by atoms with van der Waals surface area (Å²) < 4.78 is 32.9. The van der Waals surface area contributed by atoms with Gasteiger partial charge in [-0.2, -0.15) is 4.31 Å². The van der Waals surface area contributed by atoms with Gasteiger partial charge in [-0.1, -0.05) is 22.4 Å². The number of sulfonamides is 1. The number of carbonyl (C=O) groups excluding carboxylic acids is 1. The molecule has 1 saturated heterocycles. The Kier molecular flexibility index (Phi) is 7.21. The molecule has 1 unspecified atom stereocenters. The SMILES string of the molecule is COCCCNC(=O)C1CCCCN1S(=O)(=O)c1ccc(Br)cc1. The first kappa shape index (κ1) is 19.4. The molecule has 1 aliphatic rings. The van der Waals surface area contributed by atoms with Gasteiger partial charge in [0.1, 0.15) is 6.04 Å². The number of hydrogen-bond donors (Lipinski definition) is 1. The first-order chi connectivity index (χ1) is 11.5. The topological polar surface area (TPSA) is 75.7 Å². The fourth-order valence-electron chi connectivity index (χ4n) is 2.74. The predicted molar refractivity (Wildman–Crippen MR) is 95.2 cm³/mol. The number of amides is 1. The number of piperidine rings is 1. The van der Waals surface area contributed by atoms with Gasteiger partial charge in [-0.3, -0.25) is 4.79 Å². The first-order valence-corrected chi connectivity index (χ1v) is 10.2. The van der Waals surface area contributed by atoms with E-state index in [1.807, 2.05) is 0 Å². The van der Waals surface area contributed by atoms with Crippen LogP contribution >= 0.6 is 15.9 Å². The number of nitrogens with zero attached hydrogens (tertiary/aromatic N) is 1. The van der Waals surface area contributed by atoms with E-state index in [0.717, 1.165) is 17.3 Å². The predicted octanol–water partition coefficient (Wildman–Crippen LogP) is 2.15. The van der Waals surface area contributed by atoms with Crippen molar-refractivity contribution in [1.82, 2.24) is 9.62 Å². The highest BCUT2D eigenvalue weighted by Crippen LogP contribution is 2.26. The van der Waals surface area contributed by atoms with E-state index in [4.69, 9.17) is 4.74 Å². The number of methoxy groups -OCH3 is 1. The van der Waals surface area contributed by atoms with Gasteiger partial charge >= 0.3 is 0 Å². The van der Waals surface area contributed by atoms with Crippen molar-refractivity contribution in [3.63, 3.8) is 0 Å². The summed E-state index contributed by atoms with van der Waals surface area (Å²) >= 11 is 3.30. The van der Waals surface area contributed by atoms with Crippen molar-refractivity contribution in [3.8, 4) is 0 Å². The van der Waals surface area contributed by atoms with Crippen molar-refractivity contribution in [2.24, 2.45) is 0 Å². The second-order valence-corrected chi connectivity index (χ2v) is 8.52. The van der Waals surface area contributed by atoms with Crippen molar-refractivity contribution < 1.29 is 17.9 Å². The fraction of sp³-hybridized carbons (Fsp3) is 0.562. The molecule has 0 radical (unpaired) electrons. The molecule has 1 aromatic carbocycles. The lowest BCUT2D eigenvalue weighted by molar-refractivity contribution is -0.125. The van der Waals surface area contributed by atoms with Gasteiger partial charge < -0.3 is 10.1 Å². The normalized spacial score (nSPS) is 19.2. The zero-order chi connectivity index (χ0) is 17.6. The first-order valence-electron chi connectivity index (χ1n) is 8.01. The monoisotopic (exact) mass is 418 g/mol. The zero-order valence-corrected chi connectivity index (χ0v) is 16.1. The number of carbonyl (C=O) groups is 1. The number of ether oxygens (including phenoxy) is 1. The van der Waals surface area contributed by atoms with E-state index < -0.39 is 16.1 Å². The number of rotatable bonds is 7. The highest BCUT2D eigenvalue weighted by molar-refractivity contribution is 9.10. The second kappa shape index (κ2) is 8.94. The van der Waals surface area contributed by atoms with Crippen molar-refractivity contribution in [2.45, 2.75) is 36.6 Å². The van der Waals surface area contributed by atoms with Crippen molar-refractivity contribution in [2.75, 3.05) is 26.8 Å². The Bertz CT molecular complexity index is 649. The van der Waals surface area contributed by atoms with Crippen LogP contribution < -0.4 is 5.32 Å². The molecule has 6 nitrogen and oxygen atoms in total. The van der Waals surface area contributed by atoms with Gasteiger partial charge in [-0.05, 0) is 43.5 Å². The molecule has 1 amide bonds. The molecule has 1 N–H and O–H groups in total. The smallest absolute Gasteiger partial charge is 0.243 e. The lowest BCUT2D eigenvalue weighted by atomic mass is 10.0. The summed E-state index contributed by atoms with van der Waals surface area (Å²) in [6, 6.07) is 5.85. The minimum atomic E-state index is -3.68. The quantitative estimate of drug-likeness (QED) is 0.688. The maximum absolute atomic E-state index is 12.9. The Morgan fingerprint density at radius 3 is 2.71 bits per heavy atom. The number of benzene rings is 1. The van der Waals surface area contributed by atoms with Crippen molar-refractivity contribution in [3.05, 3.63) is 28.7 Å². The molecule has 1 fully saturated rings. The molecule has 2 rings (SSSR count). The number of hydrogen-bond acceptors (Lipinski definition) is 4. The highest BCUT2D eigenvalue weighted by Gasteiger charge is 2.37.